The third-order valence-electron chi connectivity index (χ3n) is 4.94. The van der Waals surface area contributed by atoms with Crippen molar-refractivity contribution in [1.82, 2.24) is 15.0 Å². The molecule has 0 atom stereocenters. The van der Waals surface area contributed by atoms with Crippen molar-refractivity contribution >= 4 is 49.6 Å². The Morgan fingerprint density at radius 1 is 1.00 bits per heavy atom. The van der Waals surface area contributed by atoms with Gasteiger partial charge in [0.15, 0.2) is 11.7 Å². The highest BCUT2D eigenvalue weighted by molar-refractivity contribution is 7.22. The summed E-state index contributed by atoms with van der Waals surface area (Å²) >= 11 is 1.31. The van der Waals surface area contributed by atoms with Crippen molar-refractivity contribution in [2.75, 3.05) is 19.0 Å². The Morgan fingerprint density at radius 2 is 1.82 bits per heavy atom. The van der Waals surface area contributed by atoms with Gasteiger partial charge in [-0.3, -0.25) is 10.1 Å². The van der Waals surface area contributed by atoms with E-state index < -0.39 is 18.5 Å². The van der Waals surface area contributed by atoms with Gasteiger partial charge < -0.3 is 14.5 Å². The first-order valence-electron chi connectivity index (χ1n) is 10.1. The summed E-state index contributed by atoms with van der Waals surface area (Å²) in [6.45, 7) is -0.422. The Balaban J connectivity index is 1.23. The first-order chi connectivity index (χ1) is 16.1. The van der Waals surface area contributed by atoms with Gasteiger partial charge in [-0.15, -0.1) is 0 Å². The summed E-state index contributed by atoms with van der Waals surface area (Å²) in [7, 11) is 1.59. The lowest BCUT2D eigenvalue weighted by Crippen LogP contribution is -2.20. The topological polar surface area (TPSA) is 106 Å². The molecule has 2 aromatic heterocycles. The lowest BCUT2D eigenvalue weighted by Gasteiger charge is -2.04. The van der Waals surface area contributed by atoms with Crippen LogP contribution in [0.1, 0.15) is 10.4 Å². The van der Waals surface area contributed by atoms with Gasteiger partial charge in [0, 0.05) is 5.56 Å². The van der Waals surface area contributed by atoms with E-state index in [0.29, 0.717) is 27.8 Å². The number of ether oxygens (including phenoxy) is 2. The third-order valence-corrected chi connectivity index (χ3v) is 5.87. The molecule has 1 amide bonds. The van der Waals surface area contributed by atoms with Crippen LogP contribution in [-0.2, 0) is 9.53 Å². The fraction of sp³-hybridized carbons (Fsp3) is 0.0833. The van der Waals surface area contributed by atoms with E-state index in [4.69, 9.17) is 9.47 Å². The number of esters is 1. The van der Waals surface area contributed by atoms with Gasteiger partial charge in [-0.2, -0.15) is 0 Å². The van der Waals surface area contributed by atoms with E-state index in [-0.39, 0.29) is 0 Å². The van der Waals surface area contributed by atoms with Gasteiger partial charge in [0.1, 0.15) is 11.6 Å². The number of imidazole rings is 1. The molecule has 8 nitrogen and oxygen atoms in total. The monoisotopic (exact) mass is 458 g/mol. The van der Waals surface area contributed by atoms with Crippen LogP contribution in [0, 0.1) is 0 Å². The molecule has 0 unspecified atom stereocenters. The minimum Gasteiger partial charge on any atom is -0.497 e. The van der Waals surface area contributed by atoms with Gasteiger partial charge in [0.2, 0.25) is 0 Å². The molecular formula is C24H18N4O4S. The van der Waals surface area contributed by atoms with Crippen molar-refractivity contribution < 1.29 is 19.1 Å². The minimum atomic E-state index is -0.600. The largest absolute Gasteiger partial charge is 0.497 e. The maximum absolute atomic E-state index is 12.5. The molecule has 0 saturated carbocycles. The molecular weight excluding hydrogens is 440 g/mol. The number of anilines is 1. The zero-order valence-corrected chi connectivity index (χ0v) is 18.3. The second-order valence-electron chi connectivity index (χ2n) is 7.16. The number of hydrogen-bond donors (Lipinski definition) is 2. The zero-order chi connectivity index (χ0) is 22.8. The highest BCUT2D eigenvalue weighted by atomic mass is 32.1. The number of methoxy groups -OCH3 is 1. The van der Waals surface area contributed by atoms with E-state index in [1.165, 1.54) is 11.3 Å². The molecule has 0 aliphatic carbocycles. The summed E-state index contributed by atoms with van der Waals surface area (Å²) in [6, 6.07) is 20.2. The van der Waals surface area contributed by atoms with Crippen LogP contribution in [0.2, 0.25) is 0 Å². The molecule has 0 saturated heterocycles. The molecule has 5 aromatic rings. The number of thiazole rings is 1. The zero-order valence-electron chi connectivity index (χ0n) is 17.5. The van der Waals surface area contributed by atoms with Crippen molar-refractivity contribution in [3.8, 4) is 17.1 Å². The van der Waals surface area contributed by atoms with E-state index in [9.17, 15) is 9.59 Å². The molecule has 0 spiro atoms. The minimum absolute atomic E-state index is 0.325. The van der Waals surface area contributed by atoms with Crippen molar-refractivity contribution in [3.63, 3.8) is 0 Å². The molecule has 164 valence electrons. The molecule has 2 heterocycles. The molecule has 0 radical (unpaired) electrons. The summed E-state index contributed by atoms with van der Waals surface area (Å²) in [5.41, 5.74) is 3.46. The Morgan fingerprint density at radius 3 is 2.64 bits per heavy atom. The number of hydrogen-bond acceptors (Lipinski definition) is 7. The summed E-state index contributed by atoms with van der Waals surface area (Å²) < 4.78 is 11.3. The molecule has 0 bridgehead atoms. The van der Waals surface area contributed by atoms with Gasteiger partial charge in [0.25, 0.3) is 5.91 Å². The van der Waals surface area contributed by atoms with Crippen molar-refractivity contribution in [1.29, 1.82) is 0 Å². The average molecular weight is 458 g/mol. The number of aromatic nitrogens is 3. The summed E-state index contributed by atoms with van der Waals surface area (Å²) in [4.78, 5) is 36.8. The molecule has 0 aliphatic rings. The second kappa shape index (κ2) is 8.71. The lowest BCUT2D eigenvalue weighted by atomic mass is 10.2. The van der Waals surface area contributed by atoms with Crippen molar-refractivity contribution in [2.24, 2.45) is 0 Å². The number of carbonyl (C=O) groups excluding carboxylic acids is 2. The highest BCUT2D eigenvalue weighted by Crippen LogP contribution is 2.29. The van der Waals surface area contributed by atoms with Crippen LogP contribution in [0.15, 0.2) is 66.7 Å². The third kappa shape index (κ3) is 4.39. The highest BCUT2D eigenvalue weighted by Gasteiger charge is 2.14. The lowest BCUT2D eigenvalue weighted by molar-refractivity contribution is -0.119. The molecule has 5 rings (SSSR count). The van der Waals surface area contributed by atoms with Gasteiger partial charge >= 0.3 is 5.97 Å². The van der Waals surface area contributed by atoms with Gasteiger partial charge in [-0.25, -0.2) is 14.8 Å². The molecule has 0 fully saturated rings. The van der Waals surface area contributed by atoms with E-state index in [1.54, 1.807) is 31.4 Å². The van der Waals surface area contributed by atoms with Gasteiger partial charge in [0.05, 0.1) is 33.9 Å². The SMILES string of the molecule is COc1ccc2nc(NC(=O)COC(=O)c3ccc4nc(-c5ccccc5)[nH]c4c3)sc2c1. The predicted molar refractivity (Wildman–Crippen MR) is 127 cm³/mol. The van der Waals surface area contributed by atoms with Crippen molar-refractivity contribution in [2.45, 2.75) is 0 Å². The molecule has 33 heavy (non-hydrogen) atoms. The predicted octanol–water partition coefficient (Wildman–Crippen LogP) is 4.64. The van der Waals surface area contributed by atoms with Crippen molar-refractivity contribution in [3.05, 3.63) is 72.3 Å². The van der Waals surface area contributed by atoms with E-state index in [1.807, 2.05) is 42.5 Å². The summed E-state index contributed by atoms with van der Waals surface area (Å²) in [5.74, 6) is 0.354. The number of benzene rings is 3. The van der Waals surface area contributed by atoms with Crippen LogP contribution >= 0.6 is 11.3 Å². The van der Waals surface area contributed by atoms with Crippen LogP contribution in [-0.4, -0.2) is 40.5 Å². The Kier molecular flexibility index (Phi) is 5.45. The standard InChI is InChI=1S/C24H18N4O4S/c1-31-16-8-10-18-20(12-16)33-24(27-18)28-21(29)13-32-23(30)15-7-9-17-19(11-15)26-22(25-17)14-5-3-2-4-6-14/h2-12H,13H2,1H3,(H,25,26)(H,27,28,29). The average Bonchev–Trinajstić information content (AvgIpc) is 3.45. The fourth-order valence-corrected chi connectivity index (χ4v) is 4.23. The van der Waals surface area contributed by atoms with Crippen LogP contribution in [0.25, 0.3) is 32.6 Å². The first kappa shape index (κ1) is 20.7. The number of rotatable bonds is 6. The maximum Gasteiger partial charge on any atom is 0.338 e. The van der Waals surface area contributed by atoms with Crippen LogP contribution < -0.4 is 10.1 Å². The van der Waals surface area contributed by atoms with E-state index >= 15 is 0 Å². The van der Waals surface area contributed by atoms with Crippen LogP contribution in [0.5, 0.6) is 5.75 Å². The normalized spacial score (nSPS) is 10.9. The molecule has 0 aliphatic heterocycles. The van der Waals surface area contributed by atoms with E-state index in [0.717, 1.165) is 21.3 Å². The van der Waals surface area contributed by atoms with E-state index in [2.05, 4.69) is 20.3 Å². The smallest absolute Gasteiger partial charge is 0.338 e. The number of H-pyrrole nitrogens is 1. The Bertz CT molecular complexity index is 1480. The first-order valence-corrected chi connectivity index (χ1v) is 10.9. The maximum atomic E-state index is 12.5. The summed E-state index contributed by atoms with van der Waals surface area (Å²) in [5, 5.41) is 3.08. The van der Waals surface area contributed by atoms with Gasteiger partial charge in [-0.1, -0.05) is 41.7 Å². The second-order valence-corrected chi connectivity index (χ2v) is 8.19. The van der Waals surface area contributed by atoms with Crippen LogP contribution in [0.4, 0.5) is 5.13 Å². The number of nitrogens with zero attached hydrogens (tertiary/aromatic N) is 2. The number of fused-ring (bicyclic) bond motifs is 2. The molecule has 3 aromatic carbocycles. The molecule has 9 heteroatoms. The quantitative estimate of drug-likeness (QED) is 0.359. The Hall–Kier alpha value is -4.24. The Labute approximate surface area is 192 Å². The number of nitrogens with one attached hydrogen (secondary N) is 2. The number of amides is 1. The fourth-order valence-electron chi connectivity index (χ4n) is 3.32. The number of carbonyl (C=O) groups is 2. The number of aromatic amines is 1. The van der Waals surface area contributed by atoms with Crippen LogP contribution in [0.3, 0.4) is 0 Å². The summed E-state index contributed by atoms with van der Waals surface area (Å²) in [6.07, 6.45) is 0. The molecule has 2 N–H and O–H groups in total. The van der Waals surface area contributed by atoms with Gasteiger partial charge in [-0.05, 0) is 36.4 Å².